The van der Waals surface area contributed by atoms with E-state index in [2.05, 4.69) is 0 Å². The summed E-state index contributed by atoms with van der Waals surface area (Å²) in [6, 6.07) is 19.3. The Kier molecular flexibility index (Phi) is 4.48. The number of carbonyl (C=O) groups excluding carboxylic acids is 1. The van der Waals surface area contributed by atoms with Crippen molar-refractivity contribution in [1.82, 2.24) is 0 Å². The first-order chi connectivity index (χ1) is 12.3. The number of benzene rings is 3. The van der Waals surface area contributed by atoms with Crippen LogP contribution < -0.4 is 14.2 Å². The van der Waals surface area contributed by atoms with Gasteiger partial charge in [0.1, 0.15) is 19.0 Å². The lowest BCUT2D eigenvalue weighted by Crippen LogP contribution is -2.15. The molecule has 3 aromatic carbocycles. The zero-order valence-electron chi connectivity index (χ0n) is 13.4. The van der Waals surface area contributed by atoms with Crippen LogP contribution in [0.1, 0.15) is 0 Å². The Balaban J connectivity index is 1.38. The van der Waals surface area contributed by atoms with Crippen molar-refractivity contribution in [3.05, 3.63) is 60.7 Å². The van der Waals surface area contributed by atoms with E-state index < -0.39 is 0 Å². The fourth-order valence-corrected chi connectivity index (χ4v) is 3.35. The molecule has 0 unspecified atom stereocenters. The molecule has 0 spiro atoms. The van der Waals surface area contributed by atoms with Gasteiger partial charge in [-0.3, -0.25) is 4.79 Å². The molecule has 0 atom stereocenters. The third-order valence-corrected chi connectivity index (χ3v) is 4.79. The molecule has 5 heteroatoms. The molecule has 0 aromatic heterocycles. The van der Waals surface area contributed by atoms with E-state index in [0.29, 0.717) is 19.0 Å². The Morgan fingerprint density at radius 2 is 1.72 bits per heavy atom. The summed E-state index contributed by atoms with van der Waals surface area (Å²) < 4.78 is 16.5. The van der Waals surface area contributed by atoms with Crippen molar-refractivity contribution in [3.8, 4) is 17.2 Å². The molecule has 4 rings (SSSR count). The van der Waals surface area contributed by atoms with Gasteiger partial charge in [0, 0.05) is 4.90 Å². The standard InChI is InChI=1S/C20H16O4S/c21-20(24-16-6-5-14-3-1-2-4-15(14)11-16)13-25-17-7-8-18-19(12-17)23-10-9-22-18/h1-8,11-12H,9-10,13H2. The van der Waals surface area contributed by atoms with Gasteiger partial charge in [-0.25, -0.2) is 0 Å². The van der Waals surface area contributed by atoms with Gasteiger partial charge in [-0.1, -0.05) is 30.3 Å². The van der Waals surface area contributed by atoms with Crippen molar-refractivity contribution in [1.29, 1.82) is 0 Å². The van der Waals surface area contributed by atoms with Gasteiger partial charge in [0.15, 0.2) is 11.5 Å². The van der Waals surface area contributed by atoms with Crippen LogP contribution in [0.5, 0.6) is 17.2 Å². The summed E-state index contributed by atoms with van der Waals surface area (Å²) >= 11 is 1.41. The number of hydrogen-bond acceptors (Lipinski definition) is 5. The number of carbonyl (C=O) groups is 1. The second-order valence-electron chi connectivity index (χ2n) is 5.58. The van der Waals surface area contributed by atoms with Gasteiger partial charge in [-0.05, 0) is 41.1 Å². The third kappa shape index (κ3) is 3.72. The van der Waals surface area contributed by atoms with Gasteiger partial charge in [0.05, 0.1) is 5.75 Å². The molecule has 1 aliphatic heterocycles. The Labute approximate surface area is 149 Å². The van der Waals surface area contributed by atoms with Crippen LogP contribution in [-0.4, -0.2) is 24.9 Å². The van der Waals surface area contributed by atoms with Crippen molar-refractivity contribution in [2.24, 2.45) is 0 Å². The van der Waals surface area contributed by atoms with Crippen molar-refractivity contribution in [2.45, 2.75) is 4.90 Å². The van der Waals surface area contributed by atoms with E-state index >= 15 is 0 Å². The predicted molar refractivity (Wildman–Crippen MR) is 97.7 cm³/mol. The molecular formula is C20H16O4S. The molecule has 0 saturated carbocycles. The fourth-order valence-electron chi connectivity index (χ4n) is 2.65. The lowest BCUT2D eigenvalue weighted by molar-refractivity contribution is -0.131. The summed E-state index contributed by atoms with van der Waals surface area (Å²) in [5, 5.41) is 2.17. The first-order valence-electron chi connectivity index (χ1n) is 8.00. The zero-order valence-corrected chi connectivity index (χ0v) is 14.3. The van der Waals surface area contributed by atoms with Crippen LogP contribution in [0.3, 0.4) is 0 Å². The fraction of sp³-hybridized carbons (Fsp3) is 0.150. The van der Waals surface area contributed by atoms with E-state index in [4.69, 9.17) is 14.2 Å². The molecule has 0 aliphatic carbocycles. The molecule has 0 saturated heterocycles. The SMILES string of the molecule is O=C(CSc1ccc2c(c1)OCCO2)Oc1ccc2ccccc2c1. The third-order valence-electron chi connectivity index (χ3n) is 3.82. The minimum atomic E-state index is -0.282. The van der Waals surface area contributed by atoms with Crippen LogP contribution in [0.15, 0.2) is 65.6 Å². The van der Waals surface area contributed by atoms with Gasteiger partial charge in [0.25, 0.3) is 0 Å². The first-order valence-corrected chi connectivity index (χ1v) is 8.98. The average Bonchev–Trinajstić information content (AvgIpc) is 2.66. The molecule has 1 aliphatic rings. The van der Waals surface area contributed by atoms with E-state index in [-0.39, 0.29) is 11.7 Å². The number of rotatable bonds is 4. The molecule has 3 aromatic rings. The largest absolute Gasteiger partial charge is 0.486 e. The molecule has 1 heterocycles. The topological polar surface area (TPSA) is 44.8 Å². The smallest absolute Gasteiger partial charge is 0.321 e. The van der Waals surface area contributed by atoms with Crippen molar-refractivity contribution in [2.75, 3.05) is 19.0 Å². The molecule has 0 bridgehead atoms. The summed E-state index contributed by atoms with van der Waals surface area (Å²) in [6.07, 6.45) is 0. The van der Waals surface area contributed by atoms with E-state index in [0.717, 1.165) is 27.2 Å². The molecule has 0 fully saturated rings. The summed E-state index contributed by atoms with van der Waals surface area (Å²) in [4.78, 5) is 13.1. The highest BCUT2D eigenvalue weighted by molar-refractivity contribution is 8.00. The van der Waals surface area contributed by atoms with Crippen molar-refractivity contribution < 1.29 is 19.0 Å². The van der Waals surface area contributed by atoms with E-state index in [1.54, 1.807) is 0 Å². The van der Waals surface area contributed by atoms with Crippen molar-refractivity contribution in [3.63, 3.8) is 0 Å². The highest BCUT2D eigenvalue weighted by Crippen LogP contribution is 2.34. The zero-order chi connectivity index (χ0) is 17.1. The predicted octanol–water partition coefficient (Wildman–Crippen LogP) is 4.31. The van der Waals surface area contributed by atoms with E-state index in [1.807, 2.05) is 60.7 Å². The second kappa shape index (κ2) is 7.07. The van der Waals surface area contributed by atoms with E-state index in [1.165, 1.54) is 11.8 Å². The monoisotopic (exact) mass is 352 g/mol. The maximum absolute atomic E-state index is 12.1. The molecule has 0 radical (unpaired) electrons. The number of fused-ring (bicyclic) bond motifs is 2. The van der Waals surface area contributed by atoms with Crippen molar-refractivity contribution >= 4 is 28.5 Å². The molecule has 0 N–H and O–H groups in total. The number of ether oxygens (including phenoxy) is 3. The minimum absolute atomic E-state index is 0.229. The van der Waals surface area contributed by atoms with Crippen LogP contribution in [0.2, 0.25) is 0 Å². The quantitative estimate of drug-likeness (QED) is 0.398. The van der Waals surface area contributed by atoms with Gasteiger partial charge in [-0.2, -0.15) is 0 Å². The van der Waals surface area contributed by atoms with Crippen LogP contribution >= 0.6 is 11.8 Å². The maximum atomic E-state index is 12.1. The summed E-state index contributed by atoms with van der Waals surface area (Å²) in [5.74, 6) is 1.97. The van der Waals surface area contributed by atoms with Gasteiger partial charge in [-0.15, -0.1) is 11.8 Å². The minimum Gasteiger partial charge on any atom is -0.486 e. The number of esters is 1. The van der Waals surface area contributed by atoms with Gasteiger partial charge >= 0.3 is 5.97 Å². The maximum Gasteiger partial charge on any atom is 0.321 e. The molecule has 4 nitrogen and oxygen atoms in total. The van der Waals surface area contributed by atoms with Gasteiger partial charge < -0.3 is 14.2 Å². The average molecular weight is 352 g/mol. The Morgan fingerprint density at radius 1 is 0.920 bits per heavy atom. The van der Waals surface area contributed by atoms with Crippen LogP contribution in [-0.2, 0) is 4.79 Å². The highest BCUT2D eigenvalue weighted by Gasteiger charge is 2.13. The normalized spacial score (nSPS) is 12.8. The van der Waals surface area contributed by atoms with Crippen LogP contribution in [0.4, 0.5) is 0 Å². The second-order valence-corrected chi connectivity index (χ2v) is 6.63. The number of hydrogen-bond donors (Lipinski definition) is 0. The summed E-state index contributed by atoms with van der Waals surface area (Å²) in [5.41, 5.74) is 0. The number of thioether (sulfide) groups is 1. The summed E-state index contributed by atoms with van der Waals surface area (Å²) in [6.45, 7) is 1.11. The van der Waals surface area contributed by atoms with Crippen LogP contribution in [0, 0.1) is 0 Å². The molecular weight excluding hydrogens is 336 g/mol. The Bertz CT molecular complexity index is 922. The summed E-state index contributed by atoms with van der Waals surface area (Å²) in [7, 11) is 0. The lowest BCUT2D eigenvalue weighted by atomic mass is 10.1. The first kappa shape index (κ1) is 15.8. The highest BCUT2D eigenvalue weighted by atomic mass is 32.2. The molecule has 0 amide bonds. The lowest BCUT2D eigenvalue weighted by Gasteiger charge is -2.18. The Hall–Kier alpha value is -2.66. The van der Waals surface area contributed by atoms with Gasteiger partial charge in [0.2, 0.25) is 0 Å². The Morgan fingerprint density at radius 3 is 2.60 bits per heavy atom. The van der Waals surface area contributed by atoms with Crippen LogP contribution in [0.25, 0.3) is 10.8 Å². The molecule has 25 heavy (non-hydrogen) atoms. The molecule has 126 valence electrons. The van der Waals surface area contributed by atoms with E-state index in [9.17, 15) is 4.79 Å².